The van der Waals surface area contributed by atoms with Gasteiger partial charge in [0.2, 0.25) is 0 Å². The van der Waals surface area contributed by atoms with Crippen LogP contribution < -0.4 is 11.1 Å². The van der Waals surface area contributed by atoms with Crippen molar-refractivity contribution in [2.75, 3.05) is 11.1 Å². The van der Waals surface area contributed by atoms with Crippen molar-refractivity contribution in [3.8, 4) is 11.3 Å². The molecule has 7 heteroatoms. The van der Waals surface area contributed by atoms with Gasteiger partial charge in [0, 0.05) is 22.7 Å². The summed E-state index contributed by atoms with van der Waals surface area (Å²) in [6, 6.07) is 8.99. The van der Waals surface area contributed by atoms with E-state index in [9.17, 15) is 4.79 Å². The van der Waals surface area contributed by atoms with Crippen LogP contribution >= 0.6 is 11.3 Å². The minimum Gasteiger partial charge on any atom is -0.399 e. The largest absolute Gasteiger partial charge is 0.399 e. The maximum atomic E-state index is 11.9. The molecule has 0 radical (unpaired) electrons. The van der Waals surface area contributed by atoms with E-state index in [4.69, 9.17) is 10.3 Å². The average molecular weight is 300 g/mol. The molecular formula is C14H12N4O2S. The first kappa shape index (κ1) is 13.3. The second-order valence-electron chi connectivity index (χ2n) is 4.44. The molecule has 2 heterocycles. The van der Waals surface area contributed by atoms with Gasteiger partial charge in [-0.1, -0.05) is 17.3 Å². The maximum Gasteiger partial charge on any atom is 0.279 e. The highest BCUT2D eigenvalue weighted by molar-refractivity contribution is 7.14. The Kier molecular flexibility index (Phi) is 3.41. The highest BCUT2D eigenvalue weighted by Crippen LogP contribution is 2.26. The summed E-state index contributed by atoms with van der Waals surface area (Å²) >= 11 is 1.34. The van der Waals surface area contributed by atoms with Crippen molar-refractivity contribution in [1.29, 1.82) is 0 Å². The monoisotopic (exact) mass is 300 g/mol. The number of hydrogen-bond donors (Lipinski definition) is 2. The summed E-state index contributed by atoms with van der Waals surface area (Å²) < 4.78 is 4.87. The molecule has 0 atom stereocenters. The number of hydrogen-bond acceptors (Lipinski definition) is 6. The summed E-state index contributed by atoms with van der Waals surface area (Å²) in [5, 5.41) is 8.71. The molecule has 1 aromatic carbocycles. The van der Waals surface area contributed by atoms with Crippen LogP contribution in [0.2, 0.25) is 0 Å². The van der Waals surface area contributed by atoms with E-state index in [1.807, 2.05) is 29.6 Å². The van der Waals surface area contributed by atoms with Gasteiger partial charge in [-0.05, 0) is 19.1 Å². The lowest BCUT2D eigenvalue weighted by molar-refractivity contribution is 0.101. The topological polar surface area (TPSA) is 94.0 Å². The summed E-state index contributed by atoms with van der Waals surface area (Å²) in [7, 11) is 0. The van der Waals surface area contributed by atoms with Gasteiger partial charge in [-0.2, -0.15) is 0 Å². The number of nitrogen functional groups attached to an aromatic ring is 1. The number of carbonyl (C=O) groups excluding carboxylic acids is 1. The second kappa shape index (κ2) is 5.37. The number of aromatic nitrogens is 2. The molecule has 21 heavy (non-hydrogen) atoms. The predicted molar refractivity (Wildman–Crippen MR) is 81.2 cm³/mol. The van der Waals surface area contributed by atoms with Crippen LogP contribution in [-0.2, 0) is 0 Å². The number of carbonyl (C=O) groups is 1. The third-order valence-electron chi connectivity index (χ3n) is 2.77. The Morgan fingerprint density at radius 3 is 2.95 bits per heavy atom. The van der Waals surface area contributed by atoms with Gasteiger partial charge < -0.3 is 10.3 Å². The van der Waals surface area contributed by atoms with Gasteiger partial charge >= 0.3 is 0 Å². The number of thiazole rings is 1. The SMILES string of the molecule is Cc1cc(C(=O)Nc2nc(-c3cccc(N)c3)cs2)no1. The highest BCUT2D eigenvalue weighted by atomic mass is 32.1. The molecule has 3 rings (SSSR count). The van der Waals surface area contributed by atoms with E-state index < -0.39 is 0 Å². The fraction of sp³-hybridized carbons (Fsp3) is 0.0714. The van der Waals surface area contributed by atoms with Gasteiger partial charge in [-0.25, -0.2) is 4.98 Å². The molecule has 0 unspecified atom stereocenters. The van der Waals surface area contributed by atoms with E-state index in [0.717, 1.165) is 11.3 Å². The zero-order chi connectivity index (χ0) is 14.8. The van der Waals surface area contributed by atoms with Crippen LogP contribution in [0.3, 0.4) is 0 Å². The van der Waals surface area contributed by atoms with Gasteiger partial charge in [0.25, 0.3) is 5.91 Å². The van der Waals surface area contributed by atoms with Gasteiger partial charge in [0.1, 0.15) is 5.76 Å². The molecule has 0 bridgehead atoms. The van der Waals surface area contributed by atoms with E-state index in [1.54, 1.807) is 13.0 Å². The minimum absolute atomic E-state index is 0.230. The molecule has 0 aliphatic rings. The normalized spacial score (nSPS) is 10.5. The third kappa shape index (κ3) is 2.92. The van der Waals surface area contributed by atoms with Crippen LogP contribution in [0.25, 0.3) is 11.3 Å². The summed E-state index contributed by atoms with van der Waals surface area (Å²) in [5.74, 6) is 0.236. The number of rotatable bonds is 3. The lowest BCUT2D eigenvalue weighted by Gasteiger charge is -1.98. The Labute approximate surface area is 124 Å². The Hall–Kier alpha value is -2.67. The lowest BCUT2D eigenvalue weighted by Crippen LogP contribution is -2.11. The van der Waals surface area contributed by atoms with Crippen molar-refractivity contribution < 1.29 is 9.32 Å². The number of aryl methyl sites for hydroxylation is 1. The first-order valence-electron chi connectivity index (χ1n) is 6.18. The first-order valence-corrected chi connectivity index (χ1v) is 7.06. The van der Waals surface area contributed by atoms with E-state index in [1.165, 1.54) is 11.3 Å². The predicted octanol–water partition coefficient (Wildman–Crippen LogP) is 2.94. The Morgan fingerprint density at radius 2 is 2.24 bits per heavy atom. The van der Waals surface area contributed by atoms with E-state index in [2.05, 4.69) is 15.5 Å². The van der Waals surface area contributed by atoms with Crippen LogP contribution in [0.4, 0.5) is 10.8 Å². The van der Waals surface area contributed by atoms with Crippen molar-refractivity contribution >= 4 is 28.1 Å². The van der Waals surface area contributed by atoms with Crippen LogP contribution in [0.15, 0.2) is 40.2 Å². The van der Waals surface area contributed by atoms with Crippen molar-refractivity contribution in [1.82, 2.24) is 10.1 Å². The fourth-order valence-electron chi connectivity index (χ4n) is 1.80. The molecule has 6 nitrogen and oxygen atoms in total. The van der Waals surface area contributed by atoms with Crippen molar-refractivity contribution in [2.45, 2.75) is 6.92 Å². The summed E-state index contributed by atoms with van der Waals surface area (Å²) in [5.41, 5.74) is 8.32. The zero-order valence-electron chi connectivity index (χ0n) is 11.2. The second-order valence-corrected chi connectivity index (χ2v) is 5.30. The molecule has 0 aliphatic carbocycles. The van der Waals surface area contributed by atoms with Crippen molar-refractivity contribution in [3.05, 3.63) is 47.2 Å². The molecule has 0 saturated heterocycles. The zero-order valence-corrected chi connectivity index (χ0v) is 12.0. The third-order valence-corrected chi connectivity index (χ3v) is 3.53. The van der Waals surface area contributed by atoms with Crippen LogP contribution in [-0.4, -0.2) is 16.0 Å². The van der Waals surface area contributed by atoms with Crippen LogP contribution in [0, 0.1) is 6.92 Å². The highest BCUT2D eigenvalue weighted by Gasteiger charge is 2.13. The number of nitrogens with two attached hydrogens (primary N) is 1. The minimum atomic E-state index is -0.347. The first-order chi connectivity index (χ1) is 10.1. The number of benzene rings is 1. The number of anilines is 2. The summed E-state index contributed by atoms with van der Waals surface area (Å²) in [4.78, 5) is 16.3. The Morgan fingerprint density at radius 1 is 1.38 bits per heavy atom. The number of nitrogens with one attached hydrogen (secondary N) is 1. The average Bonchev–Trinajstić information content (AvgIpc) is 3.08. The smallest absolute Gasteiger partial charge is 0.279 e. The van der Waals surface area contributed by atoms with Crippen molar-refractivity contribution in [3.63, 3.8) is 0 Å². The number of amides is 1. The molecule has 106 valence electrons. The Balaban J connectivity index is 1.78. The number of nitrogens with zero attached hydrogens (tertiary/aromatic N) is 2. The molecule has 0 spiro atoms. The van der Waals surface area contributed by atoms with Gasteiger partial charge in [-0.15, -0.1) is 11.3 Å². The molecule has 0 fully saturated rings. The standard InChI is InChI=1S/C14H12N4O2S/c1-8-5-11(18-20-8)13(19)17-14-16-12(7-21-14)9-3-2-4-10(15)6-9/h2-7H,15H2,1H3,(H,16,17,19). The van der Waals surface area contributed by atoms with E-state index in [-0.39, 0.29) is 11.6 Å². The van der Waals surface area contributed by atoms with Crippen LogP contribution in [0.5, 0.6) is 0 Å². The quantitative estimate of drug-likeness (QED) is 0.725. The van der Waals surface area contributed by atoms with E-state index >= 15 is 0 Å². The molecule has 2 aromatic heterocycles. The molecule has 1 amide bonds. The fourth-order valence-corrected chi connectivity index (χ4v) is 2.51. The molecule has 3 aromatic rings. The summed E-state index contributed by atoms with van der Waals surface area (Å²) in [6.45, 7) is 1.73. The Bertz CT molecular complexity index is 794. The van der Waals surface area contributed by atoms with Gasteiger partial charge in [0.15, 0.2) is 10.8 Å². The van der Waals surface area contributed by atoms with Gasteiger partial charge in [0.05, 0.1) is 5.69 Å². The lowest BCUT2D eigenvalue weighted by atomic mass is 10.1. The molecule has 3 N–H and O–H groups in total. The van der Waals surface area contributed by atoms with E-state index in [0.29, 0.717) is 16.6 Å². The summed E-state index contributed by atoms with van der Waals surface area (Å²) in [6.07, 6.45) is 0. The van der Waals surface area contributed by atoms with Gasteiger partial charge in [-0.3, -0.25) is 10.1 Å². The maximum absolute atomic E-state index is 11.9. The van der Waals surface area contributed by atoms with Crippen LogP contribution in [0.1, 0.15) is 16.2 Å². The molecule has 0 saturated carbocycles. The molecule has 0 aliphatic heterocycles. The molecular weight excluding hydrogens is 288 g/mol. The van der Waals surface area contributed by atoms with Crippen molar-refractivity contribution in [2.24, 2.45) is 0 Å².